The molecular weight excluding hydrogens is 394 g/mol. The minimum atomic E-state index is -0.438. The Morgan fingerprint density at radius 2 is 1.84 bits per heavy atom. The first-order valence-electron chi connectivity index (χ1n) is 9.67. The van der Waals surface area contributed by atoms with Crippen molar-refractivity contribution in [2.24, 2.45) is 5.10 Å². The van der Waals surface area contributed by atoms with Crippen LogP contribution in [0.25, 0.3) is 10.9 Å². The Bertz CT molecular complexity index is 1400. The minimum absolute atomic E-state index is 0.00461. The normalized spacial score (nSPS) is 11.3. The van der Waals surface area contributed by atoms with Gasteiger partial charge in [0.1, 0.15) is 11.6 Å². The van der Waals surface area contributed by atoms with Gasteiger partial charge < -0.3 is 5.11 Å². The molecule has 1 amide bonds. The summed E-state index contributed by atoms with van der Waals surface area (Å²) in [5, 5.41) is 14.1. The van der Waals surface area contributed by atoms with Gasteiger partial charge in [0.05, 0.1) is 17.1 Å². The van der Waals surface area contributed by atoms with Crippen LogP contribution in [-0.2, 0) is 0 Å². The second-order valence-corrected chi connectivity index (χ2v) is 7.18. The molecule has 31 heavy (non-hydrogen) atoms. The highest BCUT2D eigenvalue weighted by molar-refractivity contribution is 5.95. The molecular formula is C23H21N5O3. The number of nitrogens with one attached hydrogen (secondary N) is 1. The monoisotopic (exact) mass is 415 g/mol. The maximum Gasteiger partial charge on any atom is 0.280 e. The molecule has 2 N–H and O–H groups in total. The lowest BCUT2D eigenvalue weighted by atomic mass is 10.2. The fourth-order valence-electron chi connectivity index (χ4n) is 3.56. The van der Waals surface area contributed by atoms with Crippen LogP contribution in [0.2, 0.25) is 0 Å². The molecule has 2 aromatic carbocycles. The molecule has 8 nitrogen and oxygen atoms in total. The molecule has 0 fully saturated rings. The van der Waals surface area contributed by atoms with Crippen LogP contribution in [0.4, 0.5) is 0 Å². The van der Waals surface area contributed by atoms with E-state index in [4.69, 9.17) is 0 Å². The SMILES string of the molecule is Cc1cc(C=NNC(=O)c2cccc(O)c2)c(C)n1-n1c(C)nc2ccccc2c1=O. The second kappa shape index (κ2) is 7.91. The molecule has 0 aliphatic heterocycles. The first kappa shape index (κ1) is 20.1. The smallest absolute Gasteiger partial charge is 0.280 e. The van der Waals surface area contributed by atoms with Crippen LogP contribution in [-0.4, -0.2) is 31.6 Å². The number of carbonyl (C=O) groups excluding carboxylic acids is 1. The summed E-state index contributed by atoms with van der Waals surface area (Å²) in [4.78, 5) is 29.9. The standard InChI is InChI=1S/C23H21N5O3/c1-14-11-18(13-24-26-22(30)17-7-6-8-19(29)12-17)15(2)27(14)28-16(3)25-21-10-5-4-9-20(21)23(28)31/h4-13,29H,1-3H3,(H,26,30). The molecule has 0 atom stereocenters. The number of carbonyl (C=O) groups is 1. The fourth-order valence-corrected chi connectivity index (χ4v) is 3.56. The number of hydrogen-bond donors (Lipinski definition) is 2. The van der Waals surface area contributed by atoms with Gasteiger partial charge in [-0.25, -0.2) is 10.4 Å². The molecule has 8 heteroatoms. The summed E-state index contributed by atoms with van der Waals surface area (Å²) in [5.41, 5.74) is 5.57. The van der Waals surface area contributed by atoms with Gasteiger partial charge in [0.25, 0.3) is 11.5 Å². The summed E-state index contributed by atoms with van der Waals surface area (Å²) in [5.74, 6) is 0.128. The summed E-state index contributed by atoms with van der Waals surface area (Å²) >= 11 is 0. The van der Waals surface area contributed by atoms with Gasteiger partial charge in [0.15, 0.2) is 0 Å². The van der Waals surface area contributed by atoms with Crippen molar-refractivity contribution in [3.05, 3.63) is 93.3 Å². The van der Waals surface area contributed by atoms with Crippen molar-refractivity contribution in [1.82, 2.24) is 19.8 Å². The van der Waals surface area contributed by atoms with Crippen LogP contribution in [0.3, 0.4) is 0 Å². The maximum absolute atomic E-state index is 13.1. The van der Waals surface area contributed by atoms with E-state index in [1.54, 1.807) is 29.8 Å². The van der Waals surface area contributed by atoms with Crippen molar-refractivity contribution in [3.8, 4) is 5.75 Å². The van der Waals surface area contributed by atoms with Crippen LogP contribution < -0.4 is 11.0 Å². The summed E-state index contributed by atoms with van der Waals surface area (Å²) in [6.07, 6.45) is 1.52. The Morgan fingerprint density at radius 1 is 1.06 bits per heavy atom. The van der Waals surface area contributed by atoms with Crippen LogP contribution in [0, 0.1) is 20.8 Å². The van der Waals surface area contributed by atoms with Crippen LogP contribution in [0.15, 0.2) is 64.5 Å². The van der Waals surface area contributed by atoms with Crippen molar-refractivity contribution in [1.29, 1.82) is 0 Å². The zero-order chi connectivity index (χ0) is 22.1. The van der Waals surface area contributed by atoms with Gasteiger partial charge >= 0.3 is 0 Å². The molecule has 0 spiro atoms. The molecule has 0 unspecified atom stereocenters. The number of para-hydroxylation sites is 1. The molecule has 0 radical (unpaired) electrons. The number of hydrogen-bond acceptors (Lipinski definition) is 5. The molecule has 0 bridgehead atoms. The largest absolute Gasteiger partial charge is 0.508 e. The average molecular weight is 415 g/mol. The van der Waals surface area contributed by atoms with Gasteiger partial charge in [-0.05, 0) is 57.2 Å². The van der Waals surface area contributed by atoms with Crippen LogP contribution >= 0.6 is 0 Å². The van der Waals surface area contributed by atoms with Crippen molar-refractivity contribution < 1.29 is 9.90 Å². The van der Waals surface area contributed by atoms with Crippen molar-refractivity contribution in [2.45, 2.75) is 20.8 Å². The van der Waals surface area contributed by atoms with E-state index < -0.39 is 5.91 Å². The van der Waals surface area contributed by atoms with E-state index in [9.17, 15) is 14.7 Å². The molecule has 156 valence electrons. The number of benzene rings is 2. The Morgan fingerprint density at radius 3 is 2.61 bits per heavy atom. The Kier molecular flexibility index (Phi) is 5.12. The van der Waals surface area contributed by atoms with E-state index in [0.29, 0.717) is 22.3 Å². The summed E-state index contributed by atoms with van der Waals surface area (Å²) in [6, 6.07) is 15.1. The zero-order valence-corrected chi connectivity index (χ0v) is 17.3. The van der Waals surface area contributed by atoms with Gasteiger partial charge in [0.2, 0.25) is 0 Å². The number of nitrogens with zero attached hydrogens (tertiary/aromatic N) is 4. The highest BCUT2D eigenvalue weighted by Gasteiger charge is 2.15. The maximum atomic E-state index is 13.1. The predicted octanol–water partition coefficient (Wildman–Crippen LogP) is 2.90. The highest BCUT2D eigenvalue weighted by Crippen LogP contribution is 2.16. The molecule has 0 aliphatic rings. The summed E-state index contributed by atoms with van der Waals surface area (Å²) in [7, 11) is 0. The molecule has 0 saturated heterocycles. The number of aromatic nitrogens is 3. The van der Waals surface area contributed by atoms with Gasteiger partial charge in [-0.15, -0.1) is 0 Å². The van der Waals surface area contributed by atoms with E-state index >= 15 is 0 Å². The summed E-state index contributed by atoms with van der Waals surface area (Å²) < 4.78 is 3.32. The third-order valence-electron chi connectivity index (χ3n) is 5.03. The van der Waals surface area contributed by atoms with Gasteiger partial charge in [0, 0.05) is 22.5 Å². The quantitative estimate of drug-likeness (QED) is 0.395. The highest BCUT2D eigenvalue weighted by atomic mass is 16.3. The second-order valence-electron chi connectivity index (χ2n) is 7.18. The Balaban J connectivity index is 1.67. The topological polar surface area (TPSA) is 102 Å². The van der Waals surface area contributed by atoms with Gasteiger partial charge in [-0.1, -0.05) is 18.2 Å². The predicted molar refractivity (Wildman–Crippen MR) is 119 cm³/mol. The lowest BCUT2D eigenvalue weighted by Gasteiger charge is -2.16. The summed E-state index contributed by atoms with van der Waals surface area (Å²) in [6.45, 7) is 5.54. The lowest BCUT2D eigenvalue weighted by molar-refractivity contribution is 0.0954. The number of amides is 1. The first-order valence-corrected chi connectivity index (χ1v) is 9.67. The third kappa shape index (κ3) is 3.71. The Hall–Kier alpha value is -4.20. The van der Waals surface area contributed by atoms with Gasteiger partial charge in [-0.2, -0.15) is 9.78 Å². The van der Waals surface area contributed by atoms with Crippen LogP contribution in [0.1, 0.15) is 33.1 Å². The average Bonchev–Trinajstić information content (AvgIpc) is 3.01. The van der Waals surface area contributed by atoms with Crippen molar-refractivity contribution in [3.63, 3.8) is 0 Å². The third-order valence-corrected chi connectivity index (χ3v) is 5.03. The number of phenols is 1. The molecule has 2 aromatic heterocycles. The number of rotatable bonds is 4. The Labute approximate surface area is 178 Å². The van der Waals surface area contributed by atoms with Crippen molar-refractivity contribution >= 4 is 23.0 Å². The van der Waals surface area contributed by atoms with E-state index in [2.05, 4.69) is 15.5 Å². The van der Waals surface area contributed by atoms with Crippen molar-refractivity contribution in [2.75, 3.05) is 0 Å². The van der Waals surface area contributed by atoms with Gasteiger partial charge in [-0.3, -0.25) is 14.3 Å². The zero-order valence-electron chi connectivity index (χ0n) is 17.3. The molecule has 4 rings (SSSR count). The minimum Gasteiger partial charge on any atom is -0.508 e. The first-order chi connectivity index (χ1) is 14.9. The molecule has 0 saturated carbocycles. The molecule has 4 aromatic rings. The number of hydrazone groups is 1. The number of aryl methyl sites for hydroxylation is 2. The van der Waals surface area contributed by atoms with Crippen LogP contribution in [0.5, 0.6) is 5.75 Å². The molecule has 2 heterocycles. The fraction of sp³-hybridized carbons (Fsp3) is 0.130. The van der Waals surface area contributed by atoms with E-state index in [-0.39, 0.29) is 11.3 Å². The molecule has 0 aliphatic carbocycles. The van der Waals surface area contributed by atoms with E-state index in [0.717, 1.165) is 17.0 Å². The number of phenolic OH excluding ortho intramolecular Hbond substituents is 1. The number of fused-ring (bicyclic) bond motifs is 1. The number of aromatic hydroxyl groups is 1. The van der Waals surface area contributed by atoms with E-state index in [1.807, 2.05) is 38.1 Å². The lowest BCUT2D eigenvalue weighted by Crippen LogP contribution is -2.30. The van der Waals surface area contributed by atoms with E-state index in [1.165, 1.54) is 23.0 Å².